The van der Waals surface area contributed by atoms with E-state index in [4.69, 9.17) is 0 Å². The Labute approximate surface area is 101 Å². The first kappa shape index (κ1) is 11.3. The molecule has 2 aromatic rings. The minimum Gasteiger partial charge on any atom is -0.260 e. The molecule has 2 aromatic carbocycles. The van der Waals surface area contributed by atoms with E-state index in [9.17, 15) is 0 Å². The number of nitrogens with zero attached hydrogens (tertiary/aromatic N) is 1. The molecule has 0 fully saturated rings. The Morgan fingerprint density at radius 1 is 1.00 bits per heavy atom. The van der Waals surface area contributed by atoms with Crippen molar-refractivity contribution in [2.24, 2.45) is 4.99 Å². The minimum atomic E-state index is 0.986. The van der Waals surface area contributed by atoms with Gasteiger partial charge < -0.3 is 0 Å². The second-order valence-corrected chi connectivity index (χ2v) is 3.91. The van der Waals surface area contributed by atoms with E-state index < -0.39 is 0 Å². The summed E-state index contributed by atoms with van der Waals surface area (Å²) >= 11 is 0. The first-order chi connectivity index (χ1) is 8.27. The van der Waals surface area contributed by atoms with Crippen LogP contribution in [0.4, 0.5) is 0 Å². The van der Waals surface area contributed by atoms with Crippen LogP contribution in [0.25, 0.3) is 12.3 Å². The van der Waals surface area contributed by atoms with Gasteiger partial charge in [0.15, 0.2) is 0 Å². The van der Waals surface area contributed by atoms with E-state index >= 15 is 0 Å². The summed E-state index contributed by atoms with van der Waals surface area (Å²) in [5, 5.41) is 2.11. The second kappa shape index (κ2) is 5.26. The lowest BCUT2D eigenvalue weighted by Gasteiger charge is -1.95. The zero-order valence-corrected chi connectivity index (χ0v) is 9.93. The van der Waals surface area contributed by atoms with Crippen LogP contribution in [0.1, 0.15) is 12.5 Å². The van der Waals surface area contributed by atoms with Crippen molar-refractivity contribution < 1.29 is 0 Å². The largest absolute Gasteiger partial charge is 0.260 e. The van der Waals surface area contributed by atoms with Gasteiger partial charge in [0.2, 0.25) is 0 Å². The van der Waals surface area contributed by atoms with Crippen LogP contribution in [0.15, 0.2) is 59.6 Å². The predicted octanol–water partition coefficient (Wildman–Crippen LogP) is 2.34. The quantitative estimate of drug-likeness (QED) is 0.690. The molecule has 84 valence electrons. The summed E-state index contributed by atoms with van der Waals surface area (Å²) in [6.07, 6.45) is 1.88. The van der Waals surface area contributed by atoms with Gasteiger partial charge in [0.25, 0.3) is 0 Å². The number of rotatable bonds is 2. The van der Waals surface area contributed by atoms with Gasteiger partial charge in [-0.05, 0) is 17.7 Å². The third-order valence-corrected chi connectivity index (χ3v) is 2.61. The van der Waals surface area contributed by atoms with Crippen LogP contribution in [-0.4, -0.2) is 6.21 Å². The molecule has 0 aromatic heterocycles. The normalized spacial score (nSPS) is 12.8. The fraction of sp³-hybridized carbons (Fsp3) is 0.0625. The topological polar surface area (TPSA) is 12.4 Å². The molecule has 0 aliphatic heterocycles. The van der Waals surface area contributed by atoms with Crippen LogP contribution in [-0.2, 0) is 0 Å². The minimum absolute atomic E-state index is 0.986. The van der Waals surface area contributed by atoms with E-state index in [2.05, 4.69) is 11.6 Å². The van der Waals surface area contributed by atoms with Crippen LogP contribution in [0.3, 0.4) is 0 Å². The summed E-state index contributed by atoms with van der Waals surface area (Å²) in [6.45, 7) is 6.01. The highest BCUT2D eigenvalue weighted by atomic mass is 14.7. The molecular formula is C16H15N. The number of aliphatic imine (C=N–C) groups is 1. The molecule has 0 spiro atoms. The first-order valence-corrected chi connectivity index (χ1v) is 5.61. The van der Waals surface area contributed by atoms with Crippen LogP contribution in [0, 0.1) is 0 Å². The molecule has 0 saturated heterocycles. The van der Waals surface area contributed by atoms with Gasteiger partial charge in [0, 0.05) is 17.1 Å². The van der Waals surface area contributed by atoms with Crippen molar-refractivity contribution in [2.75, 3.05) is 0 Å². The first-order valence-electron chi connectivity index (χ1n) is 5.61. The number of benzene rings is 2. The average molecular weight is 221 g/mol. The molecule has 0 atom stereocenters. The van der Waals surface area contributed by atoms with Crippen LogP contribution < -0.4 is 10.4 Å². The highest BCUT2D eigenvalue weighted by Crippen LogP contribution is 1.97. The van der Waals surface area contributed by atoms with Crippen molar-refractivity contribution in [1.82, 2.24) is 0 Å². The smallest absolute Gasteiger partial charge is 0.0450 e. The molecule has 0 heterocycles. The van der Waals surface area contributed by atoms with Gasteiger partial charge in [0.05, 0.1) is 0 Å². The lowest BCUT2D eigenvalue weighted by atomic mass is 10.2. The second-order valence-electron chi connectivity index (χ2n) is 3.91. The highest BCUT2D eigenvalue weighted by Gasteiger charge is 1.89. The molecule has 0 bridgehead atoms. The maximum atomic E-state index is 4.48. The molecule has 0 aliphatic rings. The van der Waals surface area contributed by atoms with E-state index in [1.165, 1.54) is 0 Å². The van der Waals surface area contributed by atoms with Gasteiger partial charge in [-0.2, -0.15) is 0 Å². The fourth-order valence-electron chi connectivity index (χ4n) is 1.65. The Kier molecular flexibility index (Phi) is 3.51. The maximum absolute atomic E-state index is 4.48. The number of hydrogen-bond acceptors (Lipinski definition) is 1. The van der Waals surface area contributed by atoms with Gasteiger partial charge in [-0.15, -0.1) is 0 Å². The van der Waals surface area contributed by atoms with Gasteiger partial charge in [-0.25, -0.2) is 0 Å². The van der Waals surface area contributed by atoms with Crippen LogP contribution >= 0.6 is 0 Å². The molecule has 0 saturated carbocycles. The van der Waals surface area contributed by atoms with Crippen molar-refractivity contribution in [1.29, 1.82) is 0 Å². The summed E-state index contributed by atoms with van der Waals surface area (Å²) in [5.41, 5.74) is 2.09. The fourth-order valence-corrected chi connectivity index (χ4v) is 1.65. The standard InChI is InChI=1S/C16H15N/c1-13-8-6-7-11-16(13)14(2)17-12-15-9-4-3-5-10-15/h3-12H,1H2,2H3/b16-14-,17-12?. The van der Waals surface area contributed by atoms with Crippen molar-refractivity contribution in [3.63, 3.8) is 0 Å². The Morgan fingerprint density at radius 2 is 1.65 bits per heavy atom. The summed E-state index contributed by atoms with van der Waals surface area (Å²) in [7, 11) is 0. The molecule has 17 heavy (non-hydrogen) atoms. The molecule has 1 heteroatoms. The van der Waals surface area contributed by atoms with E-state index in [-0.39, 0.29) is 0 Å². The lowest BCUT2D eigenvalue weighted by molar-refractivity contribution is 1.40. The molecule has 0 radical (unpaired) electrons. The SMILES string of the molecule is C=c1cccc/c1=C(\C)N=Cc1ccccc1. The maximum Gasteiger partial charge on any atom is 0.0450 e. The Hall–Kier alpha value is -2.15. The Balaban J connectivity index is 2.38. The van der Waals surface area contributed by atoms with E-state index in [1.807, 2.05) is 67.7 Å². The molecule has 2 rings (SSSR count). The summed E-state index contributed by atoms with van der Waals surface area (Å²) < 4.78 is 0. The van der Waals surface area contributed by atoms with Crippen molar-refractivity contribution in [2.45, 2.75) is 6.92 Å². The monoisotopic (exact) mass is 221 g/mol. The summed E-state index contributed by atoms with van der Waals surface area (Å²) in [5.74, 6) is 0. The molecule has 0 amide bonds. The molecule has 1 nitrogen and oxygen atoms in total. The van der Waals surface area contributed by atoms with Crippen molar-refractivity contribution in [3.8, 4) is 0 Å². The van der Waals surface area contributed by atoms with Gasteiger partial charge in [-0.3, -0.25) is 4.99 Å². The number of hydrogen-bond donors (Lipinski definition) is 0. The average Bonchev–Trinajstić information content (AvgIpc) is 2.38. The molecule has 0 aliphatic carbocycles. The Morgan fingerprint density at radius 3 is 2.35 bits per heavy atom. The summed E-state index contributed by atoms with van der Waals surface area (Å²) in [6, 6.07) is 18.1. The van der Waals surface area contributed by atoms with E-state index in [1.54, 1.807) is 0 Å². The van der Waals surface area contributed by atoms with Gasteiger partial charge in [0.1, 0.15) is 0 Å². The molecular weight excluding hydrogens is 206 g/mol. The van der Waals surface area contributed by atoms with Gasteiger partial charge in [-0.1, -0.05) is 61.2 Å². The summed E-state index contributed by atoms with van der Waals surface area (Å²) in [4.78, 5) is 4.48. The van der Waals surface area contributed by atoms with E-state index in [0.717, 1.165) is 21.7 Å². The highest BCUT2D eigenvalue weighted by molar-refractivity contribution is 5.82. The molecule has 0 unspecified atom stereocenters. The predicted molar refractivity (Wildman–Crippen MR) is 74.3 cm³/mol. The lowest BCUT2D eigenvalue weighted by Crippen LogP contribution is -2.23. The Bertz CT molecular complexity index is 624. The zero-order chi connectivity index (χ0) is 12.1. The van der Waals surface area contributed by atoms with Crippen LogP contribution in [0.5, 0.6) is 0 Å². The van der Waals surface area contributed by atoms with Crippen molar-refractivity contribution >= 4 is 18.5 Å². The van der Waals surface area contributed by atoms with Gasteiger partial charge >= 0.3 is 0 Å². The molecule has 0 N–H and O–H groups in total. The zero-order valence-electron chi connectivity index (χ0n) is 9.93. The third kappa shape index (κ3) is 2.91. The third-order valence-electron chi connectivity index (χ3n) is 2.61. The van der Waals surface area contributed by atoms with Crippen molar-refractivity contribution in [3.05, 3.63) is 70.6 Å². The van der Waals surface area contributed by atoms with Crippen LogP contribution in [0.2, 0.25) is 0 Å². The van der Waals surface area contributed by atoms with E-state index in [0.29, 0.717) is 0 Å².